The van der Waals surface area contributed by atoms with Gasteiger partial charge in [-0.2, -0.15) is 0 Å². The fourth-order valence-corrected chi connectivity index (χ4v) is 4.26. The summed E-state index contributed by atoms with van der Waals surface area (Å²) in [5, 5.41) is 8.50. The first-order chi connectivity index (χ1) is 12.2. The molecule has 25 heavy (non-hydrogen) atoms. The first-order valence-corrected chi connectivity index (χ1v) is 8.99. The Bertz CT molecular complexity index is 785. The molecule has 2 atom stereocenters. The number of hydrogen-bond donors (Lipinski definition) is 0. The van der Waals surface area contributed by atoms with E-state index in [1.165, 1.54) is 0 Å². The van der Waals surface area contributed by atoms with E-state index in [4.69, 9.17) is 4.74 Å². The highest BCUT2D eigenvalue weighted by Gasteiger charge is 2.40. The molecule has 4 rings (SSSR count). The number of hydrogen-bond acceptors (Lipinski definition) is 4. The van der Waals surface area contributed by atoms with Crippen LogP contribution in [0.25, 0.3) is 0 Å². The van der Waals surface area contributed by atoms with E-state index in [9.17, 15) is 4.79 Å². The predicted molar refractivity (Wildman–Crippen MR) is 93.4 cm³/mol. The Balaban J connectivity index is 1.48. The summed E-state index contributed by atoms with van der Waals surface area (Å²) in [6.45, 7) is 2.81. The van der Waals surface area contributed by atoms with Crippen LogP contribution >= 0.6 is 0 Å². The Morgan fingerprint density at radius 3 is 2.88 bits per heavy atom. The van der Waals surface area contributed by atoms with Crippen LogP contribution in [0, 0.1) is 6.92 Å². The average molecular weight is 340 g/mol. The van der Waals surface area contributed by atoms with E-state index in [2.05, 4.69) is 19.7 Å². The summed E-state index contributed by atoms with van der Waals surface area (Å²) < 4.78 is 7.58. The van der Waals surface area contributed by atoms with Gasteiger partial charge in [0.2, 0.25) is 5.91 Å². The molecule has 2 bridgehead atoms. The molecule has 2 aliphatic heterocycles. The minimum absolute atomic E-state index is 0.245. The molecule has 1 amide bonds. The number of methoxy groups -OCH3 is 1. The fourth-order valence-electron chi connectivity index (χ4n) is 4.26. The molecule has 132 valence electrons. The number of aryl methyl sites for hydroxylation is 2. The van der Waals surface area contributed by atoms with E-state index < -0.39 is 0 Å². The van der Waals surface area contributed by atoms with Crippen LogP contribution in [-0.2, 0) is 24.2 Å². The van der Waals surface area contributed by atoms with Crippen LogP contribution in [0.3, 0.4) is 0 Å². The largest absolute Gasteiger partial charge is 0.496 e. The number of carbonyl (C=O) groups is 1. The molecule has 0 radical (unpaired) electrons. The standard InChI is InChI=1S/C19H24N4O2/c1-13-20-21-18-11-15-8-9-16(12-22(13)18)23(15)19(24)10-7-14-5-3-4-6-17(14)25-2/h3-6,15-16H,7-12H2,1-2H3/t15-,16+/m0/s1. The van der Waals surface area contributed by atoms with Crippen molar-refractivity contribution in [3.05, 3.63) is 41.5 Å². The second-order valence-electron chi connectivity index (χ2n) is 6.98. The Kier molecular flexibility index (Phi) is 4.19. The van der Waals surface area contributed by atoms with Gasteiger partial charge in [-0.1, -0.05) is 18.2 Å². The Morgan fingerprint density at radius 1 is 1.24 bits per heavy atom. The van der Waals surface area contributed by atoms with Crippen molar-refractivity contribution in [3.63, 3.8) is 0 Å². The van der Waals surface area contributed by atoms with Crippen molar-refractivity contribution in [2.45, 2.75) is 57.7 Å². The van der Waals surface area contributed by atoms with Gasteiger partial charge in [-0.25, -0.2) is 0 Å². The van der Waals surface area contributed by atoms with Crippen molar-refractivity contribution in [3.8, 4) is 5.75 Å². The molecule has 1 saturated heterocycles. The van der Waals surface area contributed by atoms with Crippen molar-refractivity contribution in [1.29, 1.82) is 0 Å². The maximum absolute atomic E-state index is 13.0. The number of aromatic nitrogens is 3. The second kappa shape index (κ2) is 6.50. The Morgan fingerprint density at radius 2 is 2.04 bits per heavy atom. The molecule has 2 aliphatic rings. The van der Waals surface area contributed by atoms with Crippen LogP contribution in [0.1, 0.15) is 36.5 Å². The van der Waals surface area contributed by atoms with Gasteiger partial charge in [-0.15, -0.1) is 10.2 Å². The fraction of sp³-hybridized carbons (Fsp3) is 0.526. The minimum Gasteiger partial charge on any atom is -0.496 e. The van der Waals surface area contributed by atoms with E-state index in [1.807, 2.05) is 31.2 Å². The summed E-state index contributed by atoms with van der Waals surface area (Å²) in [7, 11) is 1.67. The topological polar surface area (TPSA) is 60.2 Å². The zero-order valence-corrected chi connectivity index (χ0v) is 14.8. The number of benzene rings is 1. The van der Waals surface area contributed by atoms with E-state index in [1.54, 1.807) is 7.11 Å². The Hall–Kier alpha value is -2.37. The number of amides is 1. The summed E-state index contributed by atoms with van der Waals surface area (Å²) in [5.74, 6) is 3.07. The molecule has 1 aromatic carbocycles. The number of ether oxygens (including phenoxy) is 1. The quantitative estimate of drug-likeness (QED) is 0.856. The molecule has 2 aromatic rings. The lowest BCUT2D eigenvalue weighted by Gasteiger charge is -2.28. The number of carbonyl (C=O) groups excluding carboxylic acids is 1. The summed E-state index contributed by atoms with van der Waals surface area (Å²) >= 11 is 0. The molecule has 0 N–H and O–H groups in total. The van der Waals surface area contributed by atoms with E-state index in [-0.39, 0.29) is 18.0 Å². The normalized spacial score (nSPS) is 21.8. The van der Waals surface area contributed by atoms with Crippen LogP contribution in [0.4, 0.5) is 0 Å². The van der Waals surface area contributed by atoms with Gasteiger partial charge < -0.3 is 14.2 Å². The monoisotopic (exact) mass is 340 g/mol. The third kappa shape index (κ3) is 2.90. The molecule has 3 heterocycles. The highest BCUT2D eigenvalue weighted by Crippen LogP contribution is 2.32. The smallest absolute Gasteiger partial charge is 0.223 e. The first-order valence-electron chi connectivity index (χ1n) is 8.99. The van der Waals surface area contributed by atoms with Crippen LogP contribution in [0.2, 0.25) is 0 Å². The van der Waals surface area contributed by atoms with Gasteiger partial charge in [0, 0.05) is 25.4 Å². The zero-order valence-electron chi connectivity index (χ0n) is 14.8. The average Bonchev–Trinajstić information content (AvgIpc) is 3.11. The van der Waals surface area contributed by atoms with Gasteiger partial charge in [-0.05, 0) is 37.8 Å². The van der Waals surface area contributed by atoms with Crippen molar-refractivity contribution in [2.75, 3.05) is 7.11 Å². The lowest BCUT2D eigenvalue weighted by atomic mass is 10.1. The highest BCUT2D eigenvalue weighted by molar-refractivity contribution is 5.77. The molecule has 0 spiro atoms. The SMILES string of the molecule is COc1ccccc1CCC(=O)N1[C@@H]2CC[C@H]1Cc1nnc(C)n1C2. The molecular formula is C19H24N4O2. The molecule has 1 aromatic heterocycles. The summed E-state index contributed by atoms with van der Waals surface area (Å²) in [6.07, 6.45) is 4.19. The number of para-hydroxylation sites is 1. The third-order valence-electron chi connectivity index (χ3n) is 5.53. The van der Waals surface area contributed by atoms with Gasteiger partial charge in [-0.3, -0.25) is 4.79 Å². The van der Waals surface area contributed by atoms with Crippen LogP contribution in [-0.4, -0.2) is 44.8 Å². The second-order valence-corrected chi connectivity index (χ2v) is 6.98. The van der Waals surface area contributed by atoms with Gasteiger partial charge in [0.15, 0.2) is 0 Å². The van der Waals surface area contributed by atoms with Gasteiger partial charge in [0.25, 0.3) is 0 Å². The van der Waals surface area contributed by atoms with Crippen molar-refractivity contribution in [2.24, 2.45) is 0 Å². The maximum Gasteiger partial charge on any atom is 0.223 e. The van der Waals surface area contributed by atoms with Crippen molar-refractivity contribution >= 4 is 5.91 Å². The summed E-state index contributed by atoms with van der Waals surface area (Å²) in [5.41, 5.74) is 1.09. The lowest BCUT2D eigenvalue weighted by Crippen LogP contribution is -2.42. The number of nitrogens with zero attached hydrogens (tertiary/aromatic N) is 4. The summed E-state index contributed by atoms with van der Waals surface area (Å²) in [4.78, 5) is 15.1. The highest BCUT2D eigenvalue weighted by atomic mass is 16.5. The van der Waals surface area contributed by atoms with Crippen molar-refractivity contribution in [1.82, 2.24) is 19.7 Å². The van der Waals surface area contributed by atoms with E-state index in [0.717, 1.165) is 48.8 Å². The first kappa shape index (κ1) is 16.1. The van der Waals surface area contributed by atoms with Crippen LogP contribution < -0.4 is 4.74 Å². The number of fused-ring (bicyclic) bond motifs is 3. The molecule has 6 nitrogen and oxygen atoms in total. The maximum atomic E-state index is 13.0. The van der Waals surface area contributed by atoms with E-state index >= 15 is 0 Å². The minimum atomic E-state index is 0.245. The van der Waals surface area contributed by atoms with Gasteiger partial charge >= 0.3 is 0 Å². The van der Waals surface area contributed by atoms with Crippen molar-refractivity contribution < 1.29 is 9.53 Å². The summed E-state index contributed by atoms with van der Waals surface area (Å²) in [6, 6.07) is 8.47. The molecule has 6 heteroatoms. The zero-order chi connectivity index (χ0) is 17.4. The molecular weight excluding hydrogens is 316 g/mol. The molecule has 0 saturated carbocycles. The van der Waals surface area contributed by atoms with Crippen LogP contribution in [0.15, 0.2) is 24.3 Å². The van der Waals surface area contributed by atoms with E-state index in [0.29, 0.717) is 12.8 Å². The third-order valence-corrected chi connectivity index (χ3v) is 5.53. The Labute approximate surface area is 147 Å². The number of rotatable bonds is 4. The lowest BCUT2D eigenvalue weighted by molar-refractivity contribution is -0.134. The molecule has 1 fully saturated rings. The van der Waals surface area contributed by atoms with Gasteiger partial charge in [0.05, 0.1) is 13.2 Å². The molecule has 0 aliphatic carbocycles. The molecule has 0 unspecified atom stereocenters. The van der Waals surface area contributed by atoms with Gasteiger partial charge in [0.1, 0.15) is 17.4 Å². The predicted octanol–water partition coefficient (Wildman–Crippen LogP) is 2.14. The van der Waals surface area contributed by atoms with Crippen LogP contribution in [0.5, 0.6) is 5.75 Å².